The van der Waals surface area contributed by atoms with E-state index in [1.165, 1.54) is 64.3 Å². The van der Waals surface area contributed by atoms with Gasteiger partial charge < -0.3 is 10.1 Å². The van der Waals surface area contributed by atoms with Crippen LogP contribution in [0.5, 0.6) is 0 Å². The third kappa shape index (κ3) is 4.26. The summed E-state index contributed by atoms with van der Waals surface area (Å²) >= 11 is 0. The van der Waals surface area contributed by atoms with Crippen molar-refractivity contribution in [1.82, 2.24) is 5.32 Å². The Balaban J connectivity index is 1.83. The zero-order chi connectivity index (χ0) is 11.9. The molecule has 2 fully saturated rings. The van der Waals surface area contributed by atoms with Crippen LogP contribution in [-0.4, -0.2) is 25.3 Å². The van der Waals surface area contributed by atoms with Crippen LogP contribution in [0.25, 0.3) is 0 Å². The lowest BCUT2D eigenvalue weighted by molar-refractivity contribution is 0.0813. The molecule has 17 heavy (non-hydrogen) atoms. The van der Waals surface area contributed by atoms with E-state index in [1.807, 2.05) is 0 Å². The summed E-state index contributed by atoms with van der Waals surface area (Å²) in [4.78, 5) is 0. The minimum absolute atomic E-state index is 0.573. The van der Waals surface area contributed by atoms with Crippen LogP contribution in [0.2, 0.25) is 0 Å². The summed E-state index contributed by atoms with van der Waals surface area (Å²) in [6, 6.07) is 0.765. The van der Waals surface area contributed by atoms with E-state index in [0.29, 0.717) is 6.10 Å². The predicted octanol–water partition coefficient (Wildman–Crippen LogP) is 3.50. The summed E-state index contributed by atoms with van der Waals surface area (Å²) in [5, 5.41) is 3.78. The molecule has 0 aromatic heterocycles. The van der Waals surface area contributed by atoms with Crippen molar-refractivity contribution in [1.29, 1.82) is 0 Å². The molecule has 0 spiro atoms. The second kappa shape index (κ2) is 7.38. The largest absolute Gasteiger partial charge is 0.378 e. The van der Waals surface area contributed by atoms with Crippen LogP contribution >= 0.6 is 0 Å². The molecule has 0 amide bonds. The van der Waals surface area contributed by atoms with Crippen molar-refractivity contribution in [3.63, 3.8) is 0 Å². The van der Waals surface area contributed by atoms with Gasteiger partial charge in [-0.25, -0.2) is 0 Å². The molecule has 2 heteroatoms. The van der Waals surface area contributed by atoms with Gasteiger partial charge >= 0.3 is 0 Å². The average Bonchev–Trinajstić information content (AvgIpc) is 2.74. The van der Waals surface area contributed by atoms with E-state index >= 15 is 0 Å². The summed E-state index contributed by atoms with van der Waals surface area (Å²) in [6.45, 7) is 4.45. The second-order valence-electron chi connectivity index (χ2n) is 5.83. The van der Waals surface area contributed by atoms with Crippen LogP contribution in [0.15, 0.2) is 0 Å². The van der Waals surface area contributed by atoms with Crippen molar-refractivity contribution in [2.24, 2.45) is 5.92 Å². The quantitative estimate of drug-likeness (QED) is 0.741. The Morgan fingerprint density at radius 3 is 2.71 bits per heavy atom. The Bertz CT molecular complexity index is 201. The summed E-state index contributed by atoms with van der Waals surface area (Å²) in [5.74, 6) is 0.868. The molecule has 1 aliphatic heterocycles. The van der Waals surface area contributed by atoms with E-state index < -0.39 is 0 Å². The Morgan fingerprint density at radius 1 is 1.06 bits per heavy atom. The number of hydrogen-bond acceptors (Lipinski definition) is 2. The van der Waals surface area contributed by atoms with Crippen molar-refractivity contribution < 1.29 is 4.74 Å². The van der Waals surface area contributed by atoms with Crippen LogP contribution < -0.4 is 5.32 Å². The zero-order valence-corrected chi connectivity index (χ0v) is 11.4. The average molecular weight is 239 g/mol. The fourth-order valence-electron chi connectivity index (χ4n) is 3.43. The Morgan fingerprint density at radius 2 is 1.94 bits per heavy atom. The SMILES string of the molecule is CCCNC1CCCCCC1CC1CCCO1. The van der Waals surface area contributed by atoms with Gasteiger partial charge in [-0.15, -0.1) is 0 Å². The van der Waals surface area contributed by atoms with Crippen molar-refractivity contribution >= 4 is 0 Å². The third-order valence-electron chi connectivity index (χ3n) is 4.41. The van der Waals surface area contributed by atoms with E-state index in [2.05, 4.69) is 12.2 Å². The monoisotopic (exact) mass is 239 g/mol. The maximum atomic E-state index is 5.82. The molecule has 3 unspecified atom stereocenters. The predicted molar refractivity (Wildman–Crippen MR) is 72.2 cm³/mol. The maximum absolute atomic E-state index is 5.82. The molecule has 2 nitrogen and oxygen atoms in total. The van der Waals surface area contributed by atoms with E-state index in [9.17, 15) is 0 Å². The van der Waals surface area contributed by atoms with Gasteiger partial charge in [0.1, 0.15) is 0 Å². The molecule has 0 bridgehead atoms. The van der Waals surface area contributed by atoms with Gasteiger partial charge in [0.2, 0.25) is 0 Å². The smallest absolute Gasteiger partial charge is 0.0579 e. The normalized spacial score (nSPS) is 34.8. The Hall–Kier alpha value is -0.0800. The highest BCUT2D eigenvalue weighted by Crippen LogP contribution is 2.30. The van der Waals surface area contributed by atoms with Crippen molar-refractivity contribution in [2.45, 2.75) is 76.9 Å². The Labute approximate surface area is 107 Å². The highest BCUT2D eigenvalue weighted by atomic mass is 16.5. The molecule has 2 rings (SSSR count). The van der Waals surface area contributed by atoms with Crippen molar-refractivity contribution in [3.8, 4) is 0 Å². The van der Waals surface area contributed by atoms with Crippen LogP contribution in [0.3, 0.4) is 0 Å². The first-order valence-corrected chi connectivity index (χ1v) is 7.75. The van der Waals surface area contributed by atoms with Gasteiger partial charge in [-0.3, -0.25) is 0 Å². The van der Waals surface area contributed by atoms with Crippen LogP contribution in [0.4, 0.5) is 0 Å². The first-order valence-electron chi connectivity index (χ1n) is 7.75. The molecule has 1 N–H and O–H groups in total. The zero-order valence-electron chi connectivity index (χ0n) is 11.4. The third-order valence-corrected chi connectivity index (χ3v) is 4.41. The fraction of sp³-hybridized carbons (Fsp3) is 1.00. The van der Waals surface area contributed by atoms with Crippen molar-refractivity contribution in [2.75, 3.05) is 13.2 Å². The van der Waals surface area contributed by atoms with Crippen LogP contribution in [0.1, 0.15) is 64.7 Å². The molecule has 0 aromatic rings. The fourth-order valence-corrected chi connectivity index (χ4v) is 3.43. The topological polar surface area (TPSA) is 21.3 Å². The first-order chi connectivity index (χ1) is 8.40. The minimum Gasteiger partial charge on any atom is -0.378 e. The van der Waals surface area contributed by atoms with Gasteiger partial charge in [0, 0.05) is 12.6 Å². The Kier molecular flexibility index (Phi) is 5.79. The lowest BCUT2D eigenvalue weighted by atomic mass is 9.88. The minimum atomic E-state index is 0.573. The molecular weight excluding hydrogens is 210 g/mol. The molecule has 1 saturated carbocycles. The maximum Gasteiger partial charge on any atom is 0.0579 e. The summed E-state index contributed by atoms with van der Waals surface area (Å²) < 4.78 is 5.82. The molecule has 1 saturated heterocycles. The number of rotatable bonds is 5. The van der Waals surface area contributed by atoms with Gasteiger partial charge in [-0.2, -0.15) is 0 Å². The number of hydrogen-bond donors (Lipinski definition) is 1. The van der Waals surface area contributed by atoms with Gasteiger partial charge in [0.25, 0.3) is 0 Å². The molecule has 0 radical (unpaired) electrons. The number of ether oxygens (including phenoxy) is 1. The lowest BCUT2D eigenvalue weighted by Crippen LogP contribution is -2.37. The van der Waals surface area contributed by atoms with E-state index in [4.69, 9.17) is 4.74 Å². The molecule has 100 valence electrons. The lowest BCUT2D eigenvalue weighted by Gasteiger charge is -2.28. The van der Waals surface area contributed by atoms with Gasteiger partial charge in [-0.05, 0) is 51.0 Å². The summed E-state index contributed by atoms with van der Waals surface area (Å²) in [6.07, 6.45) is 12.8. The highest BCUT2D eigenvalue weighted by Gasteiger charge is 2.27. The van der Waals surface area contributed by atoms with Crippen LogP contribution in [0, 0.1) is 5.92 Å². The van der Waals surface area contributed by atoms with E-state index in [-0.39, 0.29) is 0 Å². The summed E-state index contributed by atoms with van der Waals surface area (Å²) in [7, 11) is 0. The molecule has 1 aliphatic carbocycles. The van der Waals surface area contributed by atoms with Gasteiger partial charge in [0.15, 0.2) is 0 Å². The van der Waals surface area contributed by atoms with E-state index in [0.717, 1.165) is 18.6 Å². The molecule has 2 aliphatic rings. The molecule has 0 aromatic carbocycles. The molecule has 3 atom stereocenters. The molecule has 1 heterocycles. The highest BCUT2D eigenvalue weighted by molar-refractivity contribution is 4.82. The van der Waals surface area contributed by atoms with Crippen molar-refractivity contribution in [3.05, 3.63) is 0 Å². The number of nitrogens with one attached hydrogen (secondary N) is 1. The second-order valence-corrected chi connectivity index (χ2v) is 5.83. The standard InChI is InChI=1S/C15H29NO/c1-2-10-16-15-9-5-3-4-7-13(15)12-14-8-6-11-17-14/h13-16H,2-12H2,1H3. The summed E-state index contributed by atoms with van der Waals surface area (Å²) in [5.41, 5.74) is 0. The van der Waals surface area contributed by atoms with Gasteiger partial charge in [-0.1, -0.05) is 26.2 Å². The molecular formula is C15H29NO. The first kappa shape index (κ1) is 13.4. The van der Waals surface area contributed by atoms with Crippen LogP contribution in [-0.2, 0) is 4.74 Å². The van der Waals surface area contributed by atoms with Gasteiger partial charge in [0.05, 0.1) is 6.10 Å². The van der Waals surface area contributed by atoms with E-state index in [1.54, 1.807) is 0 Å².